The summed E-state index contributed by atoms with van der Waals surface area (Å²) in [4.78, 5) is 1.30. The van der Waals surface area contributed by atoms with Crippen molar-refractivity contribution in [2.75, 3.05) is 19.0 Å². The minimum atomic E-state index is 0.728. The van der Waals surface area contributed by atoms with Crippen LogP contribution in [0.5, 0.6) is 5.75 Å². The van der Waals surface area contributed by atoms with Crippen LogP contribution in [-0.4, -0.2) is 19.0 Å². The summed E-state index contributed by atoms with van der Waals surface area (Å²) in [7, 11) is 0. The Morgan fingerprint density at radius 2 is 2.13 bits per heavy atom. The smallest absolute Gasteiger partial charge is 0.138 e. The SMILES string of the molecule is c1cc2c(cc1C1CCNCC1)OCS2. The van der Waals surface area contributed by atoms with Crippen molar-refractivity contribution in [3.8, 4) is 5.75 Å². The van der Waals surface area contributed by atoms with Crippen molar-refractivity contribution < 1.29 is 4.74 Å². The molecule has 1 fully saturated rings. The van der Waals surface area contributed by atoms with Crippen LogP contribution in [0.15, 0.2) is 23.1 Å². The van der Waals surface area contributed by atoms with E-state index in [2.05, 4.69) is 23.5 Å². The molecule has 2 aliphatic heterocycles. The lowest BCUT2D eigenvalue weighted by atomic mass is 9.90. The normalized spacial score (nSPS) is 21.1. The first-order valence-corrected chi connectivity index (χ1v) is 6.52. The first-order chi connectivity index (χ1) is 7.43. The third kappa shape index (κ3) is 1.86. The fraction of sp³-hybridized carbons (Fsp3) is 0.500. The van der Waals surface area contributed by atoms with Crippen LogP contribution in [-0.2, 0) is 0 Å². The molecule has 1 saturated heterocycles. The van der Waals surface area contributed by atoms with E-state index in [4.69, 9.17) is 4.74 Å². The molecule has 0 amide bonds. The minimum Gasteiger partial charge on any atom is -0.481 e. The molecule has 0 radical (unpaired) electrons. The molecule has 1 aromatic rings. The summed E-state index contributed by atoms with van der Waals surface area (Å²) in [6.45, 7) is 2.30. The third-order valence-electron chi connectivity index (χ3n) is 3.21. The number of rotatable bonds is 1. The Kier molecular flexibility index (Phi) is 2.59. The molecular weight excluding hydrogens is 206 g/mol. The zero-order chi connectivity index (χ0) is 10.1. The molecule has 2 nitrogen and oxygen atoms in total. The minimum absolute atomic E-state index is 0.728. The first-order valence-electron chi connectivity index (χ1n) is 5.54. The molecule has 0 bridgehead atoms. The Hall–Kier alpha value is -0.670. The van der Waals surface area contributed by atoms with Gasteiger partial charge in [-0.1, -0.05) is 17.8 Å². The van der Waals surface area contributed by atoms with E-state index in [1.807, 2.05) is 0 Å². The highest BCUT2D eigenvalue weighted by molar-refractivity contribution is 7.99. The molecule has 3 heteroatoms. The van der Waals surface area contributed by atoms with Gasteiger partial charge in [0.1, 0.15) is 11.7 Å². The predicted molar refractivity (Wildman–Crippen MR) is 62.6 cm³/mol. The van der Waals surface area contributed by atoms with Crippen molar-refractivity contribution in [1.82, 2.24) is 5.32 Å². The van der Waals surface area contributed by atoms with Crippen molar-refractivity contribution in [2.24, 2.45) is 0 Å². The second kappa shape index (κ2) is 4.06. The summed E-state index contributed by atoms with van der Waals surface area (Å²) in [5.74, 6) is 2.60. The van der Waals surface area contributed by atoms with Crippen LogP contribution < -0.4 is 10.1 Å². The highest BCUT2D eigenvalue weighted by Crippen LogP contribution is 2.39. The average Bonchev–Trinajstić information content (AvgIpc) is 2.77. The molecule has 0 aromatic heterocycles. The number of hydrogen-bond acceptors (Lipinski definition) is 3. The Balaban J connectivity index is 1.85. The number of hydrogen-bond donors (Lipinski definition) is 1. The molecule has 80 valence electrons. The molecule has 15 heavy (non-hydrogen) atoms. The number of benzene rings is 1. The fourth-order valence-electron chi connectivity index (χ4n) is 2.32. The summed E-state index contributed by atoms with van der Waals surface area (Å²) in [5, 5.41) is 3.40. The van der Waals surface area contributed by atoms with Crippen LogP contribution in [0.2, 0.25) is 0 Å². The van der Waals surface area contributed by atoms with E-state index in [0.717, 1.165) is 30.7 Å². The molecule has 0 saturated carbocycles. The van der Waals surface area contributed by atoms with Crippen LogP contribution in [0.25, 0.3) is 0 Å². The molecule has 0 unspecified atom stereocenters. The quantitative estimate of drug-likeness (QED) is 0.787. The Labute approximate surface area is 94.4 Å². The maximum absolute atomic E-state index is 5.58. The summed E-state index contributed by atoms with van der Waals surface area (Å²) in [5.41, 5.74) is 1.46. The van der Waals surface area contributed by atoms with E-state index in [9.17, 15) is 0 Å². The maximum Gasteiger partial charge on any atom is 0.138 e. The van der Waals surface area contributed by atoms with Gasteiger partial charge in [0.25, 0.3) is 0 Å². The summed E-state index contributed by atoms with van der Waals surface area (Å²) in [6.07, 6.45) is 2.51. The lowest BCUT2D eigenvalue weighted by Crippen LogP contribution is -2.26. The van der Waals surface area contributed by atoms with Gasteiger partial charge in [0.2, 0.25) is 0 Å². The first kappa shape index (κ1) is 9.55. The molecule has 0 aliphatic carbocycles. The molecule has 1 N–H and O–H groups in total. The monoisotopic (exact) mass is 221 g/mol. The van der Waals surface area contributed by atoms with E-state index in [1.54, 1.807) is 11.8 Å². The van der Waals surface area contributed by atoms with Gasteiger partial charge >= 0.3 is 0 Å². The zero-order valence-corrected chi connectivity index (χ0v) is 9.48. The van der Waals surface area contributed by atoms with Crippen LogP contribution in [0.1, 0.15) is 24.3 Å². The Morgan fingerprint density at radius 1 is 1.27 bits per heavy atom. The Bertz CT molecular complexity index is 361. The lowest BCUT2D eigenvalue weighted by Gasteiger charge is -2.23. The second-order valence-corrected chi connectivity index (χ2v) is 5.10. The zero-order valence-electron chi connectivity index (χ0n) is 8.66. The molecule has 3 rings (SSSR count). The summed E-state index contributed by atoms with van der Waals surface area (Å²) in [6, 6.07) is 6.73. The summed E-state index contributed by atoms with van der Waals surface area (Å²) >= 11 is 1.79. The van der Waals surface area contributed by atoms with E-state index in [1.165, 1.54) is 23.3 Å². The van der Waals surface area contributed by atoms with Crippen molar-refractivity contribution >= 4 is 11.8 Å². The Morgan fingerprint density at radius 3 is 3.00 bits per heavy atom. The average molecular weight is 221 g/mol. The molecule has 1 aromatic carbocycles. The molecule has 2 aliphatic rings. The molecular formula is C12H15NOS. The molecule has 2 heterocycles. The van der Waals surface area contributed by atoms with E-state index in [0.29, 0.717) is 0 Å². The van der Waals surface area contributed by atoms with E-state index >= 15 is 0 Å². The second-order valence-electron chi connectivity index (χ2n) is 4.14. The van der Waals surface area contributed by atoms with Crippen LogP contribution in [0.4, 0.5) is 0 Å². The van der Waals surface area contributed by atoms with Gasteiger partial charge in [0.05, 0.1) is 4.90 Å². The van der Waals surface area contributed by atoms with Gasteiger partial charge in [0.15, 0.2) is 0 Å². The van der Waals surface area contributed by atoms with Crippen molar-refractivity contribution in [1.29, 1.82) is 0 Å². The highest BCUT2D eigenvalue weighted by Gasteiger charge is 2.18. The number of thioether (sulfide) groups is 1. The number of piperidine rings is 1. The van der Waals surface area contributed by atoms with Gasteiger partial charge < -0.3 is 10.1 Å². The number of nitrogens with one attached hydrogen (secondary N) is 1. The van der Waals surface area contributed by atoms with Gasteiger partial charge in [-0.15, -0.1) is 0 Å². The number of fused-ring (bicyclic) bond motifs is 1. The van der Waals surface area contributed by atoms with Crippen LogP contribution >= 0.6 is 11.8 Å². The van der Waals surface area contributed by atoms with Gasteiger partial charge in [-0.3, -0.25) is 0 Å². The lowest BCUT2D eigenvalue weighted by molar-refractivity contribution is 0.395. The van der Waals surface area contributed by atoms with Crippen molar-refractivity contribution in [2.45, 2.75) is 23.7 Å². The van der Waals surface area contributed by atoms with Gasteiger partial charge in [-0.2, -0.15) is 0 Å². The van der Waals surface area contributed by atoms with Crippen LogP contribution in [0.3, 0.4) is 0 Å². The van der Waals surface area contributed by atoms with Gasteiger partial charge in [-0.25, -0.2) is 0 Å². The molecule has 0 atom stereocenters. The van der Waals surface area contributed by atoms with Gasteiger partial charge in [-0.05, 0) is 49.5 Å². The summed E-state index contributed by atoms with van der Waals surface area (Å²) < 4.78 is 5.58. The molecule has 0 spiro atoms. The van der Waals surface area contributed by atoms with Crippen molar-refractivity contribution in [3.05, 3.63) is 23.8 Å². The highest BCUT2D eigenvalue weighted by atomic mass is 32.2. The van der Waals surface area contributed by atoms with Gasteiger partial charge in [0, 0.05) is 0 Å². The largest absolute Gasteiger partial charge is 0.481 e. The number of ether oxygens (including phenoxy) is 1. The predicted octanol–water partition coefficient (Wildman–Crippen LogP) is 2.60. The third-order valence-corrected chi connectivity index (χ3v) is 4.09. The van der Waals surface area contributed by atoms with E-state index < -0.39 is 0 Å². The standard InChI is InChI=1S/C12H15NOS/c1-2-12-11(14-8-15-12)7-10(1)9-3-5-13-6-4-9/h1-2,7,9,13H,3-6,8H2. The fourth-order valence-corrected chi connectivity index (χ4v) is 3.06. The maximum atomic E-state index is 5.58. The van der Waals surface area contributed by atoms with E-state index in [-0.39, 0.29) is 0 Å². The van der Waals surface area contributed by atoms with Crippen molar-refractivity contribution in [3.63, 3.8) is 0 Å². The topological polar surface area (TPSA) is 21.3 Å². The van der Waals surface area contributed by atoms with Crippen LogP contribution in [0, 0.1) is 0 Å².